The molecule has 0 atom stereocenters. The van der Waals surface area contributed by atoms with E-state index in [9.17, 15) is 18.0 Å². The monoisotopic (exact) mass is 371 g/mol. The van der Waals surface area contributed by atoms with Gasteiger partial charge in [-0.3, -0.25) is 4.79 Å². The largest absolute Gasteiger partial charge is 0.481 e. The predicted molar refractivity (Wildman–Crippen MR) is 97.9 cm³/mol. The van der Waals surface area contributed by atoms with Crippen molar-refractivity contribution in [3.63, 3.8) is 0 Å². The van der Waals surface area contributed by atoms with Gasteiger partial charge in [-0.05, 0) is 41.5 Å². The molecule has 0 radical (unpaired) electrons. The minimum atomic E-state index is -4.37. The molecule has 0 heterocycles. The van der Waals surface area contributed by atoms with Crippen molar-refractivity contribution in [2.45, 2.75) is 12.6 Å². The van der Waals surface area contributed by atoms with Gasteiger partial charge in [0.15, 0.2) is 0 Å². The lowest BCUT2D eigenvalue weighted by Gasteiger charge is -2.14. The number of carboxylic acids is 1. The zero-order valence-corrected chi connectivity index (χ0v) is 14.1. The summed E-state index contributed by atoms with van der Waals surface area (Å²) < 4.78 is 38.1. The Labute approximate surface area is 154 Å². The van der Waals surface area contributed by atoms with Gasteiger partial charge in [0.05, 0.1) is 12.0 Å². The third kappa shape index (κ3) is 4.67. The molecular weight excluding hydrogens is 355 g/mol. The molecule has 6 heteroatoms. The van der Waals surface area contributed by atoms with Crippen LogP contribution in [-0.4, -0.2) is 11.1 Å². The highest BCUT2D eigenvalue weighted by molar-refractivity contribution is 5.81. The predicted octanol–water partition coefficient (Wildman–Crippen LogP) is 5.74. The van der Waals surface area contributed by atoms with Crippen LogP contribution in [0.15, 0.2) is 72.8 Å². The van der Waals surface area contributed by atoms with Gasteiger partial charge in [-0.2, -0.15) is 13.2 Å². The van der Waals surface area contributed by atoms with E-state index in [0.29, 0.717) is 11.3 Å². The molecule has 0 aliphatic heterocycles. The number of alkyl halides is 3. The van der Waals surface area contributed by atoms with Crippen LogP contribution in [0.4, 0.5) is 24.5 Å². The Balaban J connectivity index is 1.85. The second-order valence-corrected chi connectivity index (χ2v) is 6.01. The molecule has 3 aromatic carbocycles. The zero-order chi connectivity index (χ0) is 19.4. The van der Waals surface area contributed by atoms with Gasteiger partial charge >= 0.3 is 12.1 Å². The minimum Gasteiger partial charge on any atom is -0.481 e. The van der Waals surface area contributed by atoms with E-state index < -0.39 is 17.7 Å². The van der Waals surface area contributed by atoms with E-state index in [2.05, 4.69) is 5.32 Å². The van der Waals surface area contributed by atoms with Crippen molar-refractivity contribution in [1.82, 2.24) is 0 Å². The van der Waals surface area contributed by atoms with Crippen LogP contribution in [0.2, 0.25) is 0 Å². The van der Waals surface area contributed by atoms with Crippen molar-refractivity contribution in [3.05, 3.63) is 83.9 Å². The summed E-state index contributed by atoms with van der Waals surface area (Å²) in [5, 5.41) is 12.0. The molecule has 3 rings (SSSR count). The fourth-order valence-electron chi connectivity index (χ4n) is 2.72. The molecule has 2 N–H and O–H groups in total. The van der Waals surface area contributed by atoms with Crippen molar-refractivity contribution in [2.24, 2.45) is 0 Å². The topological polar surface area (TPSA) is 49.3 Å². The maximum absolute atomic E-state index is 12.7. The van der Waals surface area contributed by atoms with Crippen LogP contribution >= 0.6 is 0 Å². The second-order valence-electron chi connectivity index (χ2n) is 6.01. The molecule has 3 aromatic rings. The van der Waals surface area contributed by atoms with Crippen LogP contribution in [0, 0.1) is 0 Å². The highest BCUT2D eigenvalue weighted by Crippen LogP contribution is 2.33. The van der Waals surface area contributed by atoms with Gasteiger partial charge in [-0.1, -0.05) is 42.5 Å². The van der Waals surface area contributed by atoms with E-state index in [1.165, 1.54) is 12.1 Å². The number of hydrogen-bond acceptors (Lipinski definition) is 2. The van der Waals surface area contributed by atoms with Crippen molar-refractivity contribution in [3.8, 4) is 11.1 Å². The maximum Gasteiger partial charge on any atom is 0.416 e. The summed E-state index contributed by atoms with van der Waals surface area (Å²) in [5.41, 5.74) is 3.01. The van der Waals surface area contributed by atoms with Crippen LogP contribution in [0.3, 0.4) is 0 Å². The summed E-state index contributed by atoms with van der Waals surface area (Å²) in [5.74, 6) is -0.896. The molecule has 0 saturated heterocycles. The summed E-state index contributed by atoms with van der Waals surface area (Å²) >= 11 is 0. The van der Waals surface area contributed by atoms with Gasteiger partial charge in [0.1, 0.15) is 0 Å². The summed E-state index contributed by atoms with van der Waals surface area (Å²) in [4.78, 5) is 10.8. The molecule has 0 aliphatic rings. The van der Waals surface area contributed by atoms with Gasteiger partial charge in [-0.25, -0.2) is 0 Å². The molecule has 0 amide bonds. The lowest BCUT2D eigenvalue weighted by molar-refractivity contribution is -0.138. The lowest BCUT2D eigenvalue weighted by Crippen LogP contribution is -2.04. The first kappa shape index (κ1) is 18.5. The Morgan fingerprint density at radius 3 is 2.11 bits per heavy atom. The molecular formula is C21H16F3NO2. The van der Waals surface area contributed by atoms with Gasteiger partial charge in [0, 0.05) is 16.9 Å². The molecule has 3 nitrogen and oxygen atoms in total. The number of hydrogen-bond donors (Lipinski definition) is 2. The molecule has 0 aromatic heterocycles. The SMILES string of the molecule is O=C(O)Cc1ccc(-c2ccccc2Nc2ccc(C(F)(F)F)cc2)cc1. The number of rotatable bonds is 5. The van der Waals surface area contributed by atoms with Crippen LogP contribution in [0.5, 0.6) is 0 Å². The molecule has 138 valence electrons. The fourth-order valence-corrected chi connectivity index (χ4v) is 2.72. The van der Waals surface area contributed by atoms with Gasteiger partial charge < -0.3 is 10.4 Å². The number of aliphatic carboxylic acids is 1. The molecule has 27 heavy (non-hydrogen) atoms. The molecule has 0 unspecified atom stereocenters. The van der Waals surface area contributed by atoms with Crippen molar-refractivity contribution in [2.75, 3.05) is 5.32 Å². The minimum absolute atomic E-state index is 0.0499. The zero-order valence-electron chi connectivity index (χ0n) is 14.1. The highest BCUT2D eigenvalue weighted by Gasteiger charge is 2.29. The maximum atomic E-state index is 12.7. The molecule has 0 fully saturated rings. The van der Waals surface area contributed by atoms with E-state index in [1.807, 2.05) is 36.4 Å². The quantitative estimate of drug-likeness (QED) is 0.601. The number of benzene rings is 3. The Bertz CT molecular complexity index is 933. The molecule has 0 bridgehead atoms. The van der Waals surface area contributed by atoms with E-state index >= 15 is 0 Å². The number of anilines is 2. The molecule has 0 spiro atoms. The van der Waals surface area contributed by atoms with Crippen LogP contribution in [-0.2, 0) is 17.4 Å². The average Bonchev–Trinajstić information content (AvgIpc) is 2.62. The fraction of sp³-hybridized carbons (Fsp3) is 0.0952. The van der Waals surface area contributed by atoms with E-state index in [0.717, 1.165) is 28.9 Å². The summed E-state index contributed by atoms with van der Waals surface area (Å²) in [6.07, 6.45) is -4.42. The Kier molecular flexibility index (Phi) is 5.16. The van der Waals surface area contributed by atoms with Gasteiger partial charge in [0.2, 0.25) is 0 Å². The van der Waals surface area contributed by atoms with Crippen molar-refractivity contribution in [1.29, 1.82) is 0 Å². The smallest absolute Gasteiger partial charge is 0.416 e. The van der Waals surface area contributed by atoms with Crippen LogP contribution < -0.4 is 5.32 Å². The Morgan fingerprint density at radius 2 is 1.52 bits per heavy atom. The molecule has 0 saturated carbocycles. The van der Waals surface area contributed by atoms with Gasteiger partial charge in [0.25, 0.3) is 0 Å². The van der Waals surface area contributed by atoms with Crippen molar-refractivity contribution < 1.29 is 23.1 Å². The summed E-state index contributed by atoms with van der Waals surface area (Å²) in [6.45, 7) is 0. The standard InChI is InChI=1S/C21H16F3NO2/c22-21(23,24)16-9-11-17(12-10-16)25-19-4-2-1-3-18(19)15-7-5-14(6-8-15)13-20(26)27/h1-12,25H,13H2,(H,26,27). The van der Waals surface area contributed by atoms with Crippen LogP contribution in [0.1, 0.15) is 11.1 Å². The van der Waals surface area contributed by atoms with E-state index in [1.54, 1.807) is 12.1 Å². The van der Waals surface area contributed by atoms with Gasteiger partial charge in [-0.15, -0.1) is 0 Å². The summed E-state index contributed by atoms with van der Waals surface area (Å²) in [6, 6.07) is 19.4. The summed E-state index contributed by atoms with van der Waals surface area (Å²) in [7, 11) is 0. The first-order valence-electron chi connectivity index (χ1n) is 8.17. The third-order valence-electron chi connectivity index (χ3n) is 4.04. The Hall–Kier alpha value is -3.28. The number of halogens is 3. The normalized spacial score (nSPS) is 11.2. The number of carbonyl (C=O) groups is 1. The number of para-hydroxylation sites is 1. The van der Waals surface area contributed by atoms with Crippen LogP contribution in [0.25, 0.3) is 11.1 Å². The molecule has 0 aliphatic carbocycles. The highest BCUT2D eigenvalue weighted by atomic mass is 19.4. The van der Waals surface area contributed by atoms with E-state index in [4.69, 9.17) is 5.11 Å². The number of nitrogens with one attached hydrogen (secondary N) is 1. The first-order valence-corrected chi connectivity index (χ1v) is 8.17. The first-order chi connectivity index (χ1) is 12.8. The lowest BCUT2D eigenvalue weighted by atomic mass is 10.0. The van der Waals surface area contributed by atoms with E-state index in [-0.39, 0.29) is 6.42 Å². The third-order valence-corrected chi connectivity index (χ3v) is 4.04. The number of carboxylic acid groups (broad SMARTS) is 1. The Morgan fingerprint density at radius 1 is 0.889 bits per heavy atom. The van der Waals surface area contributed by atoms with Crippen molar-refractivity contribution >= 4 is 17.3 Å². The average molecular weight is 371 g/mol. The second kappa shape index (κ2) is 7.53.